The maximum Gasteiger partial charge on any atom is 0.294 e. The first-order valence-electron chi connectivity index (χ1n) is 9.54. The Morgan fingerprint density at radius 1 is 1.10 bits per heavy atom. The molecule has 1 heterocycles. The SMILES string of the molecule is COCCCN1C(=O)c2cccc3c(Nc4cccc(Cl)c4)c([N+](=O)[O-])cc(c23)C1=O. The van der Waals surface area contributed by atoms with Gasteiger partial charge in [-0.15, -0.1) is 0 Å². The van der Waals surface area contributed by atoms with E-state index < -0.39 is 16.7 Å². The lowest BCUT2D eigenvalue weighted by Gasteiger charge is -2.27. The molecule has 0 fully saturated rings. The van der Waals surface area contributed by atoms with Crippen LogP contribution in [-0.4, -0.2) is 41.9 Å². The van der Waals surface area contributed by atoms with Gasteiger partial charge >= 0.3 is 0 Å². The van der Waals surface area contributed by atoms with Gasteiger partial charge in [0, 0.05) is 53.4 Å². The van der Waals surface area contributed by atoms with Crippen LogP contribution in [0.25, 0.3) is 10.8 Å². The van der Waals surface area contributed by atoms with Gasteiger partial charge in [0.2, 0.25) is 0 Å². The van der Waals surface area contributed by atoms with E-state index in [0.717, 1.165) is 4.90 Å². The molecule has 1 N–H and O–H groups in total. The molecule has 9 heteroatoms. The summed E-state index contributed by atoms with van der Waals surface area (Å²) in [6.45, 7) is 0.550. The maximum absolute atomic E-state index is 13.1. The van der Waals surface area contributed by atoms with Crippen molar-refractivity contribution in [3.63, 3.8) is 0 Å². The molecule has 0 aromatic heterocycles. The highest BCUT2D eigenvalue weighted by molar-refractivity contribution is 6.31. The monoisotopic (exact) mass is 439 g/mol. The number of nitro benzene ring substituents is 1. The number of hydrogen-bond donors (Lipinski definition) is 1. The van der Waals surface area contributed by atoms with Crippen molar-refractivity contribution in [2.24, 2.45) is 0 Å². The summed E-state index contributed by atoms with van der Waals surface area (Å²) in [6, 6.07) is 12.9. The van der Waals surface area contributed by atoms with Gasteiger partial charge in [0.15, 0.2) is 0 Å². The molecule has 31 heavy (non-hydrogen) atoms. The Morgan fingerprint density at radius 3 is 2.55 bits per heavy atom. The molecule has 2 amide bonds. The Morgan fingerprint density at radius 2 is 1.84 bits per heavy atom. The molecule has 3 aromatic rings. The largest absolute Gasteiger partial charge is 0.385 e. The van der Waals surface area contributed by atoms with Gasteiger partial charge in [0.05, 0.1) is 10.5 Å². The molecule has 0 aliphatic carbocycles. The van der Waals surface area contributed by atoms with Gasteiger partial charge in [0.1, 0.15) is 5.69 Å². The van der Waals surface area contributed by atoms with E-state index in [4.69, 9.17) is 16.3 Å². The number of halogens is 1. The standard InChI is InChI=1S/C22H18ClN3O5/c1-31-10-4-9-25-21(27)16-8-3-7-15-19(16)17(22(25)28)12-18(26(29)30)20(15)24-14-6-2-5-13(23)11-14/h2-3,5-8,11-12,24H,4,9-10H2,1H3. The fraction of sp³-hybridized carbons (Fsp3) is 0.182. The van der Waals surface area contributed by atoms with Crippen LogP contribution in [0.1, 0.15) is 27.1 Å². The minimum absolute atomic E-state index is 0.131. The number of rotatable bonds is 7. The molecule has 3 aromatic carbocycles. The average molecular weight is 440 g/mol. The molecule has 0 saturated heterocycles. The van der Waals surface area contributed by atoms with Gasteiger partial charge in [-0.2, -0.15) is 0 Å². The highest BCUT2D eigenvalue weighted by Crippen LogP contribution is 2.41. The number of carbonyl (C=O) groups is 2. The molecule has 0 atom stereocenters. The van der Waals surface area contributed by atoms with Crippen molar-refractivity contribution in [1.82, 2.24) is 4.90 Å². The quantitative estimate of drug-likeness (QED) is 0.246. The fourth-order valence-corrected chi connectivity index (χ4v) is 3.95. The van der Waals surface area contributed by atoms with Crippen molar-refractivity contribution in [3.8, 4) is 0 Å². The number of nitrogens with one attached hydrogen (secondary N) is 1. The Bertz CT molecular complexity index is 1230. The minimum Gasteiger partial charge on any atom is -0.385 e. The molecule has 158 valence electrons. The molecule has 0 spiro atoms. The van der Waals surface area contributed by atoms with Crippen LogP contribution in [0, 0.1) is 10.1 Å². The van der Waals surface area contributed by atoms with Gasteiger partial charge in [-0.25, -0.2) is 0 Å². The summed E-state index contributed by atoms with van der Waals surface area (Å²) in [4.78, 5) is 38.6. The molecule has 0 unspecified atom stereocenters. The molecular formula is C22H18ClN3O5. The van der Waals surface area contributed by atoms with Crippen LogP contribution in [0.5, 0.6) is 0 Å². The van der Waals surface area contributed by atoms with Crippen LogP contribution in [0.2, 0.25) is 5.02 Å². The first-order chi connectivity index (χ1) is 14.9. The number of methoxy groups -OCH3 is 1. The first kappa shape index (κ1) is 20.8. The lowest BCUT2D eigenvalue weighted by atomic mass is 9.92. The van der Waals surface area contributed by atoms with Crippen LogP contribution in [-0.2, 0) is 4.74 Å². The number of carbonyl (C=O) groups excluding carboxylic acids is 2. The highest BCUT2D eigenvalue weighted by atomic mass is 35.5. The van der Waals surface area contributed by atoms with Crippen LogP contribution in [0.4, 0.5) is 17.1 Å². The maximum atomic E-state index is 13.1. The molecule has 0 saturated carbocycles. The zero-order chi connectivity index (χ0) is 22.1. The van der Waals surface area contributed by atoms with Gasteiger partial charge in [-0.3, -0.25) is 24.6 Å². The molecule has 1 aliphatic heterocycles. The normalized spacial score (nSPS) is 13.0. The highest BCUT2D eigenvalue weighted by Gasteiger charge is 2.35. The Labute approximate surface area is 182 Å². The summed E-state index contributed by atoms with van der Waals surface area (Å²) >= 11 is 6.04. The zero-order valence-electron chi connectivity index (χ0n) is 16.6. The van der Waals surface area contributed by atoms with Crippen molar-refractivity contribution < 1.29 is 19.2 Å². The van der Waals surface area contributed by atoms with E-state index in [0.29, 0.717) is 40.1 Å². The summed E-state index contributed by atoms with van der Waals surface area (Å²) in [6.07, 6.45) is 0.468. The van der Waals surface area contributed by atoms with E-state index in [-0.39, 0.29) is 23.5 Å². The Balaban J connectivity index is 1.90. The minimum atomic E-state index is -0.554. The van der Waals surface area contributed by atoms with Gasteiger partial charge < -0.3 is 10.1 Å². The van der Waals surface area contributed by atoms with Gasteiger partial charge in [-0.05, 0) is 30.7 Å². The number of anilines is 2. The third-order valence-electron chi connectivity index (χ3n) is 5.11. The van der Waals surface area contributed by atoms with Gasteiger partial charge in [-0.1, -0.05) is 29.8 Å². The van der Waals surface area contributed by atoms with Crippen molar-refractivity contribution in [1.29, 1.82) is 0 Å². The first-order valence-corrected chi connectivity index (χ1v) is 9.92. The van der Waals surface area contributed by atoms with E-state index in [2.05, 4.69) is 5.32 Å². The fourth-order valence-electron chi connectivity index (χ4n) is 3.76. The lowest BCUT2D eigenvalue weighted by molar-refractivity contribution is -0.383. The summed E-state index contributed by atoms with van der Waals surface area (Å²) in [7, 11) is 1.54. The summed E-state index contributed by atoms with van der Waals surface area (Å²) in [5, 5.41) is 16.2. The number of ether oxygens (including phenoxy) is 1. The molecule has 8 nitrogen and oxygen atoms in total. The average Bonchev–Trinajstić information content (AvgIpc) is 2.75. The second-order valence-electron chi connectivity index (χ2n) is 7.05. The third kappa shape index (κ3) is 3.71. The lowest BCUT2D eigenvalue weighted by Crippen LogP contribution is -2.41. The predicted octanol–water partition coefficient (Wildman–Crippen LogP) is 4.78. The number of amides is 2. The van der Waals surface area contributed by atoms with E-state index in [1.165, 1.54) is 13.2 Å². The Kier molecular flexibility index (Phi) is 5.58. The third-order valence-corrected chi connectivity index (χ3v) is 5.35. The molecular weight excluding hydrogens is 422 g/mol. The number of hydrogen-bond acceptors (Lipinski definition) is 6. The summed E-state index contributed by atoms with van der Waals surface area (Å²) < 4.78 is 5.01. The van der Waals surface area contributed by atoms with E-state index in [9.17, 15) is 19.7 Å². The number of nitrogens with zero attached hydrogens (tertiary/aromatic N) is 2. The number of imide groups is 1. The smallest absolute Gasteiger partial charge is 0.294 e. The number of nitro groups is 1. The topological polar surface area (TPSA) is 102 Å². The number of benzene rings is 3. The van der Waals surface area contributed by atoms with E-state index >= 15 is 0 Å². The van der Waals surface area contributed by atoms with Crippen molar-refractivity contribution in [2.45, 2.75) is 6.42 Å². The van der Waals surface area contributed by atoms with E-state index in [1.54, 1.807) is 42.5 Å². The van der Waals surface area contributed by atoms with Crippen LogP contribution < -0.4 is 5.32 Å². The van der Waals surface area contributed by atoms with Crippen LogP contribution in [0.3, 0.4) is 0 Å². The van der Waals surface area contributed by atoms with Crippen molar-refractivity contribution >= 4 is 51.2 Å². The Hall–Kier alpha value is -3.49. The molecule has 0 bridgehead atoms. The second-order valence-corrected chi connectivity index (χ2v) is 7.48. The van der Waals surface area contributed by atoms with Gasteiger partial charge in [0.25, 0.3) is 17.5 Å². The van der Waals surface area contributed by atoms with Crippen LogP contribution in [0.15, 0.2) is 48.5 Å². The van der Waals surface area contributed by atoms with Crippen molar-refractivity contribution in [2.75, 3.05) is 25.6 Å². The molecule has 0 radical (unpaired) electrons. The predicted molar refractivity (Wildman–Crippen MR) is 117 cm³/mol. The van der Waals surface area contributed by atoms with E-state index in [1.807, 2.05) is 0 Å². The summed E-state index contributed by atoms with van der Waals surface area (Å²) in [5.41, 5.74) is 0.936. The molecule has 4 rings (SSSR count). The summed E-state index contributed by atoms with van der Waals surface area (Å²) in [5.74, 6) is -0.982. The zero-order valence-corrected chi connectivity index (χ0v) is 17.3. The second kappa shape index (κ2) is 8.33. The molecule has 1 aliphatic rings. The van der Waals surface area contributed by atoms with Crippen molar-refractivity contribution in [3.05, 3.63) is 74.8 Å². The van der Waals surface area contributed by atoms with Crippen LogP contribution >= 0.6 is 11.6 Å².